The van der Waals surface area contributed by atoms with Crippen molar-refractivity contribution >= 4 is 33.3 Å². The minimum atomic E-state index is 0.255. The number of hydrogen-bond donors (Lipinski definition) is 3. The topological polar surface area (TPSA) is 87.3 Å². The Bertz CT molecular complexity index is 627. The molecule has 0 amide bonds. The molecule has 114 valence electrons. The molecule has 2 aromatic rings. The van der Waals surface area contributed by atoms with Gasteiger partial charge in [0, 0.05) is 24.6 Å². The van der Waals surface area contributed by atoms with E-state index in [0.717, 1.165) is 42.0 Å². The van der Waals surface area contributed by atoms with E-state index in [0.29, 0.717) is 11.9 Å². The van der Waals surface area contributed by atoms with Gasteiger partial charge in [0.1, 0.15) is 10.6 Å². The second-order valence-electron chi connectivity index (χ2n) is 5.56. The summed E-state index contributed by atoms with van der Waals surface area (Å²) in [5.41, 5.74) is 2.56. The summed E-state index contributed by atoms with van der Waals surface area (Å²) in [5.74, 6) is 7.45. The summed E-state index contributed by atoms with van der Waals surface area (Å²) in [6.45, 7) is 4.26. The summed E-state index contributed by atoms with van der Waals surface area (Å²) in [5, 5.41) is 10.3. The first kappa shape index (κ1) is 14.5. The predicted octanol–water partition coefficient (Wildman–Crippen LogP) is 1.88. The van der Waals surface area contributed by atoms with Crippen molar-refractivity contribution in [2.45, 2.75) is 26.2 Å². The predicted molar refractivity (Wildman–Crippen MR) is 86.6 cm³/mol. The van der Waals surface area contributed by atoms with Crippen LogP contribution in [-0.2, 0) is 0 Å². The van der Waals surface area contributed by atoms with Gasteiger partial charge in [-0.15, -0.1) is 11.3 Å². The fraction of sp³-hybridized carbons (Fsp3) is 0.571. The van der Waals surface area contributed by atoms with Crippen LogP contribution in [0.1, 0.15) is 24.1 Å². The van der Waals surface area contributed by atoms with E-state index in [1.807, 2.05) is 0 Å². The molecular weight excluding hydrogens is 286 g/mol. The van der Waals surface area contributed by atoms with Gasteiger partial charge < -0.3 is 10.0 Å². The minimum absolute atomic E-state index is 0.255. The van der Waals surface area contributed by atoms with E-state index in [1.54, 1.807) is 11.3 Å². The second-order valence-corrected chi connectivity index (χ2v) is 6.79. The summed E-state index contributed by atoms with van der Waals surface area (Å²) in [7, 11) is 0. The van der Waals surface area contributed by atoms with Crippen LogP contribution >= 0.6 is 11.3 Å². The monoisotopic (exact) mass is 307 g/mol. The highest BCUT2D eigenvalue weighted by Gasteiger charge is 2.23. The number of piperidine rings is 1. The Balaban J connectivity index is 1.97. The van der Waals surface area contributed by atoms with E-state index in [4.69, 9.17) is 10.9 Å². The lowest BCUT2D eigenvalue weighted by atomic mass is 9.95. The van der Waals surface area contributed by atoms with Gasteiger partial charge in [-0.2, -0.15) is 4.98 Å². The maximum atomic E-state index is 9.16. The molecule has 4 N–H and O–H groups in total. The number of nitrogens with zero attached hydrogens (tertiary/aromatic N) is 3. The first-order valence-electron chi connectivity index (χ1n) is 7.32. The molecule has 0 saturated carbocycles. The van der Waals surface area contributed by atoms with Crippen LogP contribution < -0.4 is 16.2 Å². The van der Waals surface area contributed by atoms with Crippen molar-refractivity contribution < 1.29 is 5.11 Å². The molecule has 0 aromatic carbocycles. The highest BCUT2D eigenvalue weighted by atomic mass is 32.1. The highest BCUT2D eigenvalue weighted by Crippen LogP contribution is 2.34. The normalized spacial score (nSPS) is 19.2. The number of thiophene rings is 1. The van der Waals surface area contributed by atoms with E-state index < -0.39 is 0 Å². The lowest BCUT2D eigenvalue weighted by molar-refractivity contribution is 0.244. The Hall–Kier alpha value is -1.44. The van der Waals surface area contributed by atoms with E-state index >= 15 is 0 Å². The van der Waals surface area contributed by atoms with Crippen molar-refractivity contribution in [2.24, 2.45) is 11.8 Å². The number of nitrogens with two attached hydrogens (primary N) is 1. The molecule has 2 aromatic heterocycles. The number of anilines is 2. The summed E-state index contributed by atoms with van der Waals surface area (Å²) < 4.78 is 0. The van der Waals surface area contributed by atoms with Gasteiger partial charge in [0.25, 0.3) is 0 Å². The van der Waals surface area contributed by atoms with Crippen LogP contribution in [0.4, 0.5) is 11.8 Å². The zero-order chi connectivity index (χ0) is 14.8. The first-order chi connectivity index (χ1) is 10.2. The van der Waals surface area contributed by atoms with Crippen LogP contribution in [-0.4, -0.2) is 34.8 Å². The molecule has 3 rings (SSSR count). The number of nitrogens with one attached hydrogen (secondary N) is 1. The van der Waals surface area contributed by atoms with E-state index in [2.05, 4.69) is 33.3 Å². The Kier molecular flexibility index (Phi) is 4.23. The summed E-state index contributed by atoms with van der Waals surface area (Å²) >= 11 is 1.66. The van der Waals surface area contributed by atoms with E-state index in [1.165, 1.54) is 11.3 Å². The fourth-order valence-corrected chi connectivity index (χ4v) is 3.88. The molecule has 0 radical (unpaired) electrons. The molecule has 1 atom stereocenters. The molecule has 1 aliphatic heterocycles. The molecule has 0 spiro atoms. The number of aryl methyl sites for hydroxylation is 1. The first-order valence-corrected chi connectivity index (χ1v) is 8.13. The number of hydrogen-bond acceptors (Lipinski definition) is 7. The molecule has 7 heteroatoms. The largest absolute Gasteiger partial charge is 0.396 e. The van der Waals surface area contributed by atoms with Crippen molar-refractivity contribution in [1.82, 2.24) is 9.97 Å². The Morgan fingerprint density at radius 3 is 3.14 bits per heavy atom. The van der Waals surface area contributed by atoms with Gasteiger partial charge in [-0.3, -0.25) is 5.43 Å². The van der Waals surface area contributed by atoms with Gasteiger partial charge >= 0.3 is 0 Å². The van der Waals surface area contributed by atoms with Crippen LogP contribution in [0.5, 0.6) is 0 Å². The Labute approximate surface area is 128 Å². The van der Waals surface area contributed by atoms with Crippen LogP contribution in [0, 0.1) is 12.8 Å². The number of fused-ring (bicyclic) bond motifs is 1. The molecule has 3 heterocycles. The molecule has 1 aliphatic rings. The van der Waals surface area contributed by atoms with E-state index in [9.17, 15) is 0 Å². The summed E-state index contributed by atoms with van der Waals surface area (Å²) in [6, 6.07) is 2.14. The van der Waals surface area contributed by atoms with Gasteiger partial charge in [0.2, 0.25) is 5.95 Å². The molecule has 1 saturated heterocycles. The second kappa shape index (κ2) is 6.13. The quantitative estimate of drug-likeness (QED) is 0.590. The third-order valence-corrected chi connectivity index (χ3v) is 4.93. The highest BCUT2D eigenvalue weighted by molar-refractivity contribution is 7.18. The number of aliphatic hydroxyl groups is 1. The number of nitrogen functional groups attached to an aromatic ring is 1. The molecule has 6 nitrogen and oxygen atoms in total. The third-order valence-electron chi connectivity index (χ3n) is 3.98. The molecule has 21 heavy (non-hydrogen) atoms. The van der Waals surface area contributed by atoms with Crippen LogP contribution in [0.2, 0.25) is 0 Å². The van der Waals surface area contributed by atoms with Gasteiger partial charge in [0.15, 0.2) is 0 Å². The Morgan fingerprint density at radius 1 is 1.52 bits per heavy atom. The van der Waals surface area contributed by atoms with Gasteiger partial charge in [-0.05, 0) is 38.2 Å². The van der Waals surface area contributed by atoms with Crippen molar-refractivity contribution in [3.63, 3.8) is 0 Å². The fourth-order valence-electron chi connectivity index (χ4n) is 3.01. The smallest absolute Gasteiger partial charge is 0.240 e. The number of aromatic nitrogens is 2. The van der Waals surface area contributed by atoms with Crippen molar-refractivity contribution in [3.8, 4) is 0 Å². The summed E-state index contributed by atoms with van der Waals surface area (Å²) in [4.78, 5) is 13.5. The average Bonchev–Trinajstić information content (AvgIpc) is 2.86. The average molecular weight is 307 g/mol. The zero-order valence-electron chi connectivity index (χ0n) is 12.2. The lowest BCUT2D eigenvalue weighted by Gasteiger charge is -2.33. The maximum absolute atomic E-state index is 9.16. The number of hydrazine groups is 1. The maximum Gasteiger partial charge on any atom is 0.240 e. The van der Waals surface area contributed by atoms with Crippen LogP contribution in [0.3, 0.4) is 0 Å². The number of rotatable bonds is 4. The van der Waals surface area contributed by atoms with Crippen LogP contribution in [0.15, 0.2) is 6.07 Å². The summed E-state index contributed by atoms with van der Waals surface area (Å²) in [6.07, 6.45) is 3.16. The van der Waals surface area contributed by atoms with Crippen molar-refractivity contribution in [3.05, 3.63) is 10.9 Å². The SMILES string of the molecule is Cc1cc2c(N3CCCC(CCO)C3)nc(NN)nc2s1. The van der Waals surface area contributed by atoms with Crippen LogP contribution in [0.25, 0.3) is 10.2 Å². The standard InChI is InChI=1S/C14H21N5OS/c1-9-7-11-12(16-14(18-15)17-13(11)21-9)19-5-2-3-10(8-19)4-6-20/h7,10,20H,2-6,8,15H2,1H3,(H,16,17,18). The molecular formula is C14H21N5OS. The van der Waals surface area contributed by atoms with Gasteiger partial charge in [-0.1, -0.05) is 0 Å². The van der Waals surface area contributed by atoms with Crippen molar-refractivity contribution in [1.29, 1.82) is 0 Å². The minimum Gasteiger partial charge on any atom is -0.396 e. The third kappa shape index (κ3) is 2.95. The van der Waals surface area contributed by atoms with E-state index in [-0.39, 0.29) is 6.61 Å². The van der Waals surface area contributed by atoms with Crippen molar-refractivity contribution in [2.75, 3.05) is 30.0 Å². The Morgan fingerprint density at radius 2 is 2.38 bits per heavy atom. The number of aliphatic hydroxyl groups excluding tert-OH is 1. The molecule has 1 unspecified atom stereocenters. The van der Waals surface area contributed by atoms with Gasteiger partial charge in [0.05, 0.1) is 5.39 Å². The molecule has 1 fully saturated rings. The molecule has 0 bridgehead atoms. The zero-order valence-corrected chi connectivity index (χ0v) is 13.0. The lowest BCUT2D eigenvalue weighted by Crippen LogP contribution is -2.36. The molecule has 0 aliphatic carbocycles. The van der Waals surface area contributed by atoms with Gasteiger partial charge in [-0.25, -0.2) is 10.8 Å².